The Balaban J connectivity index is 2.35. The summed E-state index contributed by atoms with van der Waals surface area (Å²) in [6.45, 7) is 0. The zero-order chi connectivity index (χ0) is 13.3. The van der Waals surface area contributed by atoms with Crippen molar-refractivity contribution in [3.05, 3.63) is 11.2 Å². The van der Waals surface area contributed by atoms with E-state index >= 15 is 0 Å². The molecule has 0 aliphatic carbocycles. The van der Waals surface area contributed by atoms with Crippen molar-refractivity contribution in [2.75, 3.05) is 18.6 Å². The van der Waals surface area contributed by atoms with Gasteiger partial charge < -0.3 is 5.11 Å². The molecule has 1 N–H and O–H groups in total. The topological polar surface area (TPSA) is 87.6 Å². The molecule has 0 spiro atoms. The van der Waals surface area contributed by atoms with Crippen LogP contribution in [0, 0.1) is 0 Å². The van der Waals surface area contributed by atoms with E-state index in [9.17, 15) is 13.2 Å². The van der Waals surface area contributed by atoms with Gasteiger partial charge >= 0.3 is 5.97 Å². The van der Waals surface area contributed by atoms with Crippen molar-refractivity contribution >= 4 is 39.1 Å². The summed E-state index contributed by atoms with van der Waals surface area (Å²) in [5.41, 5.74) is 0.852. The predicted octanol–water partition coefficient (Wildman–Crippen LogP) is 0.967. The highest BCUT2D eigenvalue weighted by atomic mass is 32.2. The Morgan fingerprint density at radius 1 is 1.61 bits per heavy atom. The minimum atomic E-state index is -3.76. The first-order valence-corrected chi connectivity index (χ1v) is 8.64. The third-order valence-electron chi connectivity index (χ3n) is 2.77. The van der Waals surface area contributed by atoms with E-state index in [1.54, 1.807) is 11.8 Å². The van der Waals surface area contributed by atoms with E-state index in [2.05, 4.69) is 4.98 Å². The van der Waals surface area contributed by atoms with Gasteiger partial charge in [-0.3, -0.25) is 0 Å². The van der Waals surface area contributed by atoms with Crippen molar-refractivity contribution in [2.24, 2.45) is 0 Å². The number of carbonyl (C=O) groups is 1. The Labute approximate surface area is 113 Å². The van der Waals surface area contributed by atoms with E-state index in [1.165, 1.54) is 16.9 Å². The van der Waals surface area contributed by atoms with Crippen LogP contribution in [0.25, 0.3) is 0 Å². The maximum absolute atomic E-state index is 12.3. The van der Waals surface area contributed by atoms with Gasteiger partial charge in [0.1, 0.15) is 0 Å². The van der Waals surface area contributed by atoms with Crippen LogP contribution >= 0.6 is 23.1 Å². The highest BCUT2D eigenvalue weighted by Crippen LogP contribution is 2.29. The number of carboxylic acids is 1. The summed E-state index contributed by atoms with van der Waals surface area (Å²) < 4.78 is 25.7. The van der Waals surface area contributed by atoms with Gasteiger partial charge in [-0.1, -0.05) is 0 Å². The monoisotopic (exact) mass is 308 g/mol. The molecule has 2 heterocycles. The fraction of sp³-hybridized carbons (Fsp3) is 0.556. The molecule has 18 heavy (non-hydrogen) atoms. The van der Waals surface area contributed by atoms with Crippen LogP contribution in [-0.4, -0.2) is 53.4 Å². The van der Waals surface area contributed by atoms with Gasteiger partial charge in [0.05, 0.1) is 5.51 Å². The minimum absolute atomic E-state index is 0.0660. The number of sulfonamides is 1. The normalized spacial score (nSPS) is 20.4. The van der Waals surface area contributed by atoms with Crippen molar-refractivity contribution in [1.29, 1.82) is 0 Å². The Hall–Kier alpha value is -0.640. The van der Waals surface area contributed by atoms with E-state index < -0.39 is 21.7 Å². The van der Waals surface area contributed by atoms with Crippen molar-refractivity contribution < 1.29 is 18.3 Å². The lowest BCUT2D eigenvalue weighted by Crippen LogP contribution is -2.37. The fourth-order valence-electron chi connectivity index (χ4n) is 1.70. The Bertz CT molecular complexity index is 548. The quantitative estimate of drug-likeness (QED) is 0.891. The molecule has 1 fully saturated rings. The Kier molecular flexibility index (Phi) is 3.95. The number of nitrogens with zero attached hydrogens (tertiary/aromatic N) is 2. The molecule has 1 atom stereocenters. The van der Waals surface area contributed by atoms with Crippen LogP contribution in [0.3, 0.4) is 0 Å². The number of thioether (sulfide) groups is 1. The van der Waals surface area contributed by atoms with Gasteiger partial charge in [0, 0.05) is 18.8 Å². The predicted molar refractivity (Wildman–Crippen MR) is 69.8 cm³/mol. The summed E-state index contributed by atoms with van der Waals surface area (Å²) in [4.78, 5) is 14.5. The molecule has 100 valence electrons. The van der Waals surface area contributed by atoms with Crippen molar-refractivity contribution in [2.45, 2.75) is 16.7 Å². The van der Waals surface area contributed by atoms with Crippen LogP contribution in [0.2, 0.25) is 0 Å². The van der Waals surface area contributed by atoms with Crippen LogP contribution in [0.15, 0.2) is 9.72 Å². The molecule has 1 saturated heterocycles. The third kappa shape index (κ3) is 2.40. The molecule has 0 bridgehead atoms. The molecule has 0 amide bonds. The summed E-state index contributed by atoms with van der Waals surface area (Å²) in [5.74, 6) is 0.361. The molecule has 2 rings (SSSR count). The summed E-state index contributed by atoms with van der Waals surface area (Å²) in [6.07, 6.45) is 0.793. The van der Waals surface area contributed by atoms with Crippen molar-refractivity contribution in [3.8, 4) is 0 Å². The first kappa shape index (κ1) is 13.8. The SMILES string of the molecule is CN(C1CCSC1)S(=O)(=O)c1scnc1C(=O)O. The van der Waals surface area contributed by atoms with E-state index in [4.69, 9.17) is 5.11 Å². The van der Waals surface area contributed by atoms with Crippen LogP contribution < -0.4 is 0 Å². The summed E-state index contributed by atoms with van der Waals surface area (Å²) in [7, 11) is -2.26. The van der Waals surface area contributed by atoms with Gasteiger partial charge in [-0.25, -0.2) is 18.2 Å². The molecule has 9 heteroatoms. The summed E-state index contributed by atoms with van der Waals surface area (Å²) >= 11 is 2.54. The highest BCUT2D eigenvalue weighted by Gasteiger charge is 2.34. The largest absolute Gasteiger partial charge is 0.476 e. The first-order chi connectivity index (χ1) is 8.44. The molecule has 1 aromatic rings. The van der Waals surface area contributed by atoms with Gasteiger partial charge in [0.25, 0.3) is 10.0 Å². The molecule has 0 radical (unpaired) electrons. The zero-order valence-corrected chi connectivity index (χ0v) is 12.0. The third-order valence-corrected chi connectivity index (χ3v) is 7.17. The molecule has 1 aromatic heterocycles. The van der Waals surface area contributed by atoms with Crippen LogP contribution in [0.1, 0.15) is 16.9 Å². The van der Waals surface area contributed by atoms with E-state index in [-0.39, 0.29) is 10.3 Å². The maximum atomic E-state index is 12.3. The highest BCUT2D eigenvalue weighted by molar-refractivity contribution is 7.99. The molecule has 1 unspecified atom stereocenters. The molecule has 1 aliphatic rings. The number of rotatable bonds is 4. The number of aromatic nitrogens is 1. The van der Waals surface area contributed by atoms with Gasteiger partial charge in [-0.2, -0.15) is 16.1 Å². The number of thiazole rings is 1. The minimum Gasteiger partial charge on any atom is -0.476 e. The van der Waals surface area contributed by atoms with Gasteiger partial charge in [-0.15, -0.1) is 11.3 Å². The lowest BCUT2D eigenvalue weighted by Gasteiger charge is -2.22. The van der Waals surface area contributed by atoms with Gasteiger partial charge in [-0.05, 0) is 12.2 Å². The standard InChI is InChI=1S/C9H12N2O4S3/c1-11(6-2-3-16-4-6)18(14,15)9-7(8(12)13)10-5-17-9/h5-6H,2-4H2,1H3,(H,12,13). The fourth-order valence-corrected chi connectivity index (χ4v) is 5.75. The molecule has 0 saturated carbocycles. The number of aromatic carboxylic acids is 1. The molecule has 6 nitrogen and oxygen atoms in total. The Morgan fingerprint density at radius 3 is 2.89 bits per heavy atom. The maximum Gasteiger partial charge on any atom is 0.356 e. The van der Waals surface area contributed by atoms with E-state index in [0.717, 1.165) is 29.3 Å². The average molecular weight is 308 g/mol. The second-order valence-electron chi connectivity index (χ2n) is 3.83. The number of hydrogen-bond acceptors (Lipinski definition) is 6. The van der Waals surface area contributed by atoms with Gasteiger partial charge in [0.2, 0.25) is 0 Å². The van der Waals surface area contributed by atoms with E-state index in [0.29, 0.717) is 0 Å². The summed E-state index contributed by atoms with van der Waals surface area (Å²) in [6, 6.07) is -0.0660. The first-order valence-electron chi connectivity index (χ1n) is 5.17. The van der Waals surface area contributed by atoms with Gasteiger partial charge in [0.15, 0.2) is 9.90 Å². The lowest BCUT2D eigenvalue weighted by molar-refractivity contribution is 0.0687. The zero-order valence-electron chi connectivity index (χ0n) is 9.57. The molecule has 1 aliphatic heterocycles. The number of hydrogen-bond donors (Lipinski definition) is 1. The average Bonchev–Trinajstić information content (AvgIpc) is 2.99. The van der Waals surface area contributed by atoms with Crippen LogP contribution in [0.4, 0.5) is 0 Å². The van der Waals surface area contributed by atoms with Crippen molar-refractivity contribution in [1.82, 2.24) is 9.29 Å². The summed E-state index contributed by atoms with van der Waals surface area (Å²) in [5, 5.41) is 8.92. The van der Waals surface area contributed by atoms with Crippen LogP contribution in [0.5, 0.6) is 0 Å². The Morgan fingerprint density at radius 2 is 2.33 bits per heavy atom. The van der Waals surface area contributed by atoms with Crippen LogP contribution in [-0.2, 0) is 10.0 Å². The second-order valence-corrected chi connectivity index (χ2v) is 8.03. The van der Waals surface area contributed by atoms with E-state index in [1.807, 2.05) is 0 Å². The molecular weight excluding hydrogens is 296 g/mol. The lowest BCUT2D eigenvalue weighted by atomic mass is 10.3. The molecular formula is C9H12N2O4S3. The second kappa shape index (κ2) is 5.16. The smallest absolute Gasteiger partial charge is 0.356 e. The molecule has 0 aromatic carbocycles. The number of carboxylic acid groups (broad SMARTS) is 1. The van der Waals surface area contributed by atoms with Crippen molar-refractivity contribution in [3.63, 3.8) is 0 Å².